The van der Waals surface area contributed by atoms with Gasteiger partial charge in [0.05, 0.1) is 6.61 Å². The monoisotopic (exact) mass is 659 g/mol. The number of hydrogen-bond acceptors (Lipinski definition) is 5. The van der Waals surface area contributed by atoms with E-state index in [4.69, 9.17) is 9.47 Å². The molecule has 1 N–H and O–H groups in total. The van der Waals surface area contributed by atoms with Crippen LogP contribution in [-0.4, -0.2) is 36.4 Å². The Morgan fingerprint density at radius 3 is 1.30 bits per heavy atom. The highest BCUT2D eigenvalue weighted by atomic mass is 16.6. The number of hydrogen-bond donors (Lipinski definition) is 1. The normalized spacial score (nSPS) is 12.7. The second-order valence-corrected chi connectivity index (χ2v) is 13.0. The molecule has 0 aliphatic heterocycles. The highest BCUT2D eigenvalue weighted by molar-refractivity contribution is 5.70. The largest absolute Gasteiger partial charge is 0.462 e. The van der Waals surface area contributed by atoms with Gasteiger partial charge in [0.15, 0.2) is 6.10 Å². The molecule has 0 radical (unpaired) electrons. The molecule has 5 nitrogen and oxygen atoms in total. The van der Waals surface area contributed by atoms with Crippen LogP contribution in [-0.2, 0) is 19.1 Å². The van der Waals surface area contributed by atoms with Crippen molar-refractivity contribution in [2.75, 3.05) is 13.2 Å². The molecule has 47 heavy (non-hydrogen) atoms. The van der Waals surface area contributed by atoms with Crippen LogP contribution in [0.15, 0.2) is 48.6 Å². The minimum absolute atomic E-state index is 0.0770. The van der Waals surface area contributed by atoms with Crippen LogP contribution in [0.2, 0.25) is 0 Å². The molecule has 1 unspecified atom stereocenters. The summed E-state index contributed by atoms with van der Waals surface area (Å²) >= 11 is 0. The van der Waals surface area contributed by atoms with E-state index in [0.29, 0.717) is 12.8 Å². The smallest absolute Gasteiger partial charge is 0.306 e. The van der Waals surface area contributed by atoms with Gasteiger partial charge in [-0.3, -0.25) is 9.59 Å². The number of rotatable bonds is 35. The number of esters is 2. The van der Waals surface area contributed by atoms with Gasteiger partial charge in [-0.25, -0.2) is 0 Å². The number of unbranched alkanes of at least 4 members (excludes halogenated alkanes) is 19. The molecule has 1 atom stereocenters. The molecule has 0 fully saturated rings. The lowest BCUT2D eigenvalue weighted by molar-refractivity contribution is -0.161. The molecule has 0 aromatic rings. The van der Waals surface area contributed by atoms with E-state index in [0.717, 1.165) is 64.2 Å². The average molecular weight is 659 g/mol. The summed E-state index contributed by atoms with van der Waals surface area (Å²) in [5.74, 6) is -0.617. The predicted molar refractivity (Wildman–Crippen MR) is 200 cm³/mol. The quantitative estimate of drug-likeness (QED) is 0.0417. The Morgan fingerprint density at radius 1 is 0.489 bits per heavy atom. The van der Waals surface area contributed by atoms with E-state index in [-0.39, 0.29) is 25.2 Å². The average Bonchev–Trinajstić information content (AvgIpc) is 3.07. The number of carbonyl (C=O) groups excluding carboxylic acids is 2. The molecule has 0 heterocycles. The first-order valence-corrected chi connectivity index (χ1v) is 19.7. The van der Waals surface area contributed by atoms with E-state index in [1.165, 1.54) is 96.3 Å². The van der Waals surface area contributed by atoms with Crippen molar-refractivity contribution in [3.8, 4) is 0 Å². The molecule has 0 aliphatic carbocycles. The topological polar surface area (TPSA) is 72.8 Å². The van der Waals surface area contributed by atoms with Gasteiger partial charge >= 0.3 is 11.9 Å². The zero-order valence-corrected chi connectivity index (χ0v) is 30.8. The lowest BCUT2D eigenvalue weighted by atomic mass is 10.1. The summed E-state index contributed by atoms with van der Waals surface area (Å²) in [5.41, 5.74) is 0. The third-order valence-electron chi connectivity index (χ3n) is 8.35. The summed E-state index contributed by atoms with van der Waals surface area (Å²) in [5, 5.41) is 9.55. The van der Waals surface area contributed by atoms with E-state index < -0.39 is 6.10 Å². The van der Waals surface area contributed by atoms with Gasteiger partial charge in [-0.1, -0.05) is 146 Å². The predicted octanol–water partition coefficient (Wildman–Crippen LogP) is 12.2. The van der Waals surface area contributed by atoms with Crippen LogP contribution in [0.5, 0.6) is 0 Å². The zero-order valence-electron chi connectivity index (χ0n) is 30.8. The van der Waals surface area contributed by atoms with Gasteiger partial charge in [0.1, 0.15) is 6.61 Å². The van der Waals surface area contributed by atoms with Gasteiger partial charge < -0.3 is 14.6 Å². The lowest BCUT2D eigenvalue weighted by Crippen LogP contribution is -2.28. The number of aliphatic hydroxyl groups excluding tert-OH is 1. The maximum atomic E-state index is 12.2. The van der Waals surface area contributed by atoms with Crippen LogP contribution in [0, 0.1) is 0 Å². The van der Waals surface area contributed by atoms with Crippen LogP contribution >= 0.6 is 0 Å². The Balaban J connectivity index is 3.60. The van der Waals surface area contributed by atoms with Crippen molar-refractivity contribution in [2.24, 2.45) is 0 Å². The first kappa shape index (κ1) is 44.9. The van der Waals surface area contributed by atoms with E-state index >= 15 is 0 Å². The molecule has 272 valence electrons. The fourth-order valence-corrected chi connectivity index (χ4v) is 5.32. The van der Waals surface area contributed by atoms with E-state index in [9.17, 15) is 14.7 Å². The molecule has 5 heteroatoms. The molecule has 0 bridgehead atoms. The molecule has 0 spiro atoms. The molecule has 0 aromatic carbocycles. The van der Waals surface area contributed by atoms with Gasteiger partial charge in [-0.2, -0.15) is 0 Å². The summed E-state index contributed by atoms with van der Waals surface area (Å²) in [7, 11) is 0. The summed E-state index contributed by atoms with van der Waals surface area (Å²) in [6.45, 7) is 4.07. The van der Waals surface area contributed by atoms with Crippen molar-refractivity contribution in [2.45, 2.75) is 193 Å². The highest BCUT2D eigenvalue weighted by Gasteiger charge is 2.16. The van der Waals surface area contributed by atoms with Crippen molar-refractivity contribution in [1.29, 1.82) is 0 Å². The van der Waals surface area contributed by atoms with Crippen molar-refractivity contribution < 1.29 is 24.2 Å². The van der Waals surface area contributed by atoms with E-state index in [2.05, 4.69) is 62.5 Å². The SMILES string of the molecule is CCCCC/C=C\C/C=C\CCCCCCCCCC(=O)OC(CO)COC(=O)CCCCCCC/C=C\C/C=C\CCCCCC. The van der Waals surface area contributed by atoms with Crippen molar-refractivity contribution in [1.82, 2.24) is 0 Å². The van der Waals surface area contributed by atoms with Crippen LogP contribution in [0.4, 0.5) is 0 Å². The van der Waals surface area contributed by atoms with Gasteiger partial charge in [0.25, 0.3) is 0 Å². The van der Waals surface area contributed by atoms with Crippen LogP contribution in [0.1, 0.15) is 187 Å². The Kier molecular flexibility index (Phi) is 36.6. The summed E-state index contributed by atoms with van der Waals surface area (Å²) in [6.07, 6.45) is 47.3. The lowest BCUT2D eigenvalue weighted by Gasteiger charge is -2.15. The minimum atomic E-state index is -0.781. The van der Waals surface area contributed by atoms with Gasteiger partial charge in [0, 0.05) is 12.8 Å². The van der Waals surface area contributed by atoms with Gasteiger partial charge in [0.2, 0.25) is 0 Å². The first-order chi connectivity index (χ1) is 23.1. The van der Waals surface area contributed by atoms with Crippen molar-refractivity contribution >= 4 is 11.9 Å². The Labute approximate surface area is 290 Å². The third-order valence-corrected chi connectivity index (χ3v) is 8.35. The van der Waals surface area contributed by atoms with E-state index in [1.807, 2.05) is 0 Å². The van der Waals surface area contributed by atoms with E-state index in [1.54, 1.807) is 0 Å². The van der Waals surface area contributed by atoms with Gasteiger partial charge in [-0.15, -0.1) is 0 Å². The summed E-state index contributed by atoms with van der Waals surface area (Å²) in [6, 6.07) is 0. The molecule has 0 amide bonds. The second-order valence-electron chi connectivity index (χ2n) is 13.0. The molecule has 0 saturated heterocycles. The molecular weight excluding hydrogens is 584 g/mol. The Hall–Kier alpha value is -2.14. The highest BCUT2D eigenvalue weighted by Crippen LogP contribution is 2.12. The standard InChI is InChI=1S/C42H74O5/c1-3-5-7-9-11-13-15-17-19-21-23-25-27-29-31-33-35-37-42(45)47-40(38-43)39-46-41(44)36-34-32-30-28-26-24-22-20-18-16-14-12-10-8-6-4-2/h11,13-14,16-17,19-20,22,40,43H,3-10,12,15,18,21,23-39H2,1-2H3/b13-11-,16-14-,19-17-,22-20-. The van der Waals surface area contributed by atoms with Crippen molar-refractivity contribution in [3.05, 3.63) is 48.6 Å². The maximum absolute atomic E-state index is 12.2. The molecule has 0 saturated carbocycles. The molecular formula is C42H74O5. The summed E-state index contributed by atoms with van der Waals surface area (Å²) < 4.78 is 10.6. The van der Waals surface area contributed by atoms with Crippen LogP contribution < -0.4 is 0 Å². The molecule has 0 rings (SSSR count). The first-order valence-electron chi connectivity index (χ1n) is 19.7. The minimum Gasteiger partial charge on any atom is -0.462 e. The zero-order chi connectivity index (χ0) is 34.3. The second kappa shape index (κ2) is 38.3. The number of carbonyl (C=O) groups is 2. The summed E-state index contributed by atoms with van der Waals surface area (Å²) in [4.78, 5) is 24.2. The number of allylic oxidation sites excluding steroid dienone is 8. The van der Waals surface area contributed by atoms with Gasteiger partial charge in [-0.05, 0) is 77.0 Å². The van der Waals surface area contributed by atoms with Crippen molar-refractivity contribution in [3.63, 3.8) is 0 Å². The number of ether oxygens (including phenoxy) is 2. The molecule has 0 aliphatic rings. The Bertz CT molecular complexity index is 797. The fourth-order valence-electron chi connectivity index (χ4n) is 5.32. The maximum Gasteiger partial charge on any atom is 0.306 e. The number of aliphatic hydroxyl groups is 1. The third kappa shape index (κ3) is 36.5. The Morgan fingerprint density at radius 2 is 0.851 bits per heavy atom. The van der Waals surface area contributed by atoms with Crippen LogP contribution in [0.25, 0.3) is 0 Å². The molecule has 0 aromatic heterocycles. The van der Waals surface area contributed by atoms with Crippen LogP contribution in [0.3, 0.4) is 0 Å². The fraction of sp³-hybridized carbons (Fsp3) is 0.762.